The van der Waals surface area contributed by atoms with Crippen molar-refractivity contribution in [2.24, 2.45) is 0 Å². The molecule has 3 rings (SSSR count). The van der Waals surface area contributed by atoms with E-state index in [2.05, 4.69) is 50.9 Å². The monoisotopic (exact) mass is 198 g/mol. The lowest BCUT2D eigenvalue weighted by Crippen LogP contribution is -2.16. The third-order valence-electron chi connectivity index (χ3n) is 2.86. The van der Waals surface area contributed by atoms with Gasteiger partial charge < -0.3 is 10.3 Å². The van der Waals surface area contributed by atoms with Gasteiger partial charge in [0.2, 0.25) is 0 Å². The predicted molar refractivity (Wildman–Crippen MR) is 59.9 cm³/mol. The van der Waals surface area contributed by atoms with E-state index < -0.39 is 0 Å². The first-order valence-electron chi connectivity index (χ1n) is 4.96. The van der Waals surface area contributed by atoms with Crippen LogP contribution in [0.1, 0.15) is 16.9 Å². The molecular formula is C11H11AlN2. The van der Waals surface area contributed by atoms with Crippen molar-refractivity contribution >= 4 is 32.9 Å². The van der Waals surface area contributed by atoms with Crippen molar-refractivity contribution in [1.82, 2.24) is 4.98 Å². The maximum Gasteiger partial charge on any atom is 0.134 e. The van der Waals surface area contributed by atoms with Crippen LogP contribution in [-0.4, -0.2) is 27.8 Å². The highest BCUT2D eigenvalue weighted by Gasteiger charge is 2.19. The number of para-hydroxylation sites is 1. The molecule has 1 aromatic heterocycles. The van der Waals surface area contributed by atoms with Crippen LogP contribution in [0.3, 0.4) is 0 Å². The van der Waals surface area contributed by atoms with Gasteiger partial charge in [0.1, 0.15) is 16.3 Å². The number of hydrogen-bond donors (Lipinski definition) is 2. The number of aromatic nitrogens is 1. The van der Waals surface area contributed by atoms with Crippen LogP contribution < -0.4 is 5.32 Å². The normalized spacial score (nSPS) is 20.4. The third kappa shape index (κ3) is 1.10. The molecule has 1 aliphatic heterocycles. The van der Waals surface area contributed by atoms with E-state index in [0.717, 1.165) is 6.54 Å². The molecule has 0 saturated heterocycles. The minimum absolute atomic E-state index is 0.568. The Kier molecular flexibility index (Phi) is 1.83. The van der Waals surface area contributed by atoms with Gasteiger partial charge in [-0.15, -0.1) is 0 Å². The molecule has 0 amide bonds. The zero-order valence-electron chi connectivity index (χ0n) is 7.88. The van der Waals surface area contributed by atoms with Gasteiger partial charge in [0.25, 0.3) is 0 Å². The zero-order chi connectivity index (χ0) is 9.54. The Labute approximate surface area is 91.1 Å². The molecule has 0 fully saturated rings. The average molecular weight is 198 g/mol. The fourth-order valence-electron chi connectivity index (χ4n) is 2.13. The van der Waals surface area contributed by atoms with Gasteiger partial charge in [-0.05, 0) is 12.5 Å². The van der Waals surface area contributed by atoms with E-state index in [0.29, 0.717) is 4.78 Å². The quantitative estimate of drug-likeness (QED) is 0.624. The van der Waals surface area contributed by atoms with E-state index in [9.17, 15) is 0 Å². The molecule has 1 atom stereocenters. The second kappa shape index (κ2) is 3.05. The highest BCUT2D eigenvalue weighted by molar-refractivity contribution is 6.14. The third-order valence-corrected chi connectivity index (χ3v) is 3.53. The van der Waals surface area contributed by atoms with E-state index >= 15 is 0 Å². The Bertz CT molecular complexity index is 475. The van der Waals surface area contributed by atoms with Crippen LogP contribution in [0.4, 0.5) is 5.69 Å². The summed E-state index contributed by atoms with van der Waals surface area (Å²) in [6, 6.07) is 8.46. The van der Waals surface area contributed by atoms with E-state index in [1.165, 1.54) is 28.7 Å². The maximum atomic E-state index is 3.48. The van der Waals surface area contributed by atoms with Crippen LogP contribution in [0.25, 0.3) is 10.9 Å². The second-order valence-corrected chi connectivity index (χ2v) is 4.59. The van der Waals surface area contributed by atoms with Crippen LogP contribution in [0.2, 0.25) is 0 Å². The first-order chi connectivity index (χ1) is 6.86. The van der Waals surface area contributed by atoms with Crippen molar-refractivity contribution in [3.8, 4) is 0 Å². The highest BCUT2D eigenvalue weighted by atomic mass is 27.0. The zero-order valence-corrected chi connectivity index (χ0v) is 9.03. The summed E-state index contributed by atoms with van der Waals surface area (Å²) in [5.74, 6) is 0. The molecule has 0 aliphatic carbocycles. The van der Waals surface area contributed by atoms with Crippen LogP contribution in [0, 0.1) is 0 Å². The van der Waals surface area contributed by atoms with Crippen molar-refractivity contribution in [2.75, 3.05) is 11.9 Å². The van der Waals surface area contributed by atoms with Crippen LogP contribution in [-0.2, 0) is 0 Å². The lowest BCUT2D eigenvalue weighted by Gasteiger charge is -2.21. The second-order valence-electron chi connectivity index (χ2n) is 3.78. The number of fused-ring (bicyclic) bond motifs is 3. The molecule has 2 heterocycles. The molecule has 1 aromatic carbocycles. The summed E-state index contributed by atoms with van der Waals surface area (Å²) in [5, 5.41) is 4.79. The van der Waals surface area contributed by atoms with Gasteiger partial charge in [-0.25, -0.2) is 0 Å². The van der Waals surface area contributed by atoms with Crippen molar-refractivity contribution in [3.05, 3.63) is 30.0 Å². The van der Waals surface area contributed by atoms with E-state index in [1.54, 1.807) is 0 Å². The standard InChI is InChI=1S/C11H11N2.Al/c1-2-5-9-8(4-1)11-10(13-9)6-3-7-12-11;/h1-2,4-6,12-13H,3,7H2;. The molecule has 0 saturated carbocycles. The number of rotatable bonds is 0. The molecule has 3 heteroatoms. The molecule has 1 unspecified atom stereocenters. The molecule has 0 bridgehead atoms. The lowest BCUT2D eigenvalue weighted by atomic mass is 10.1. The molecule has 1 aliphatic rings. The maximum absolute atomic E-state index is 3.48. The van der Waals surface area contributed by atoms with Gasteiger partial charge >= 0.3 is 0 Å². The van der Waals surface area contributed by atoms with Gasteiger partial charge in [0, 0.05) is 23.1 Å². The first-order valence-corrected chi connectivity index (χ1v) is 5.63. The summed E-state index contributed by atoms with van der Waals surface area (Å²) < 4.78 is 0.568. The smallest absolute Gasteiger partial charge is 0.134 e. The summed E-state index contributed by atoms with van der Waals surface area (Å²) in [6.07, 6.45) is 1.19. The Morgan fingerprint density at radius 2 is 2.14 bits per heavy atom. The molecule has 2 aromatic rings. The fourth-order valence-corrected chi connectivity index (χ4v) is 2.55. The van der Waals surface area contributed by atoms with Crippen LogP contribution in [0.5, 0.6) is 0 Å². The minimum atomic E-state index is 0.568. The van der Waals surface area contributed by atoms with E-state index in [-0.39, 0.29) is 0 Å². The number of anilines is 1. The van der Waals surface area contributed by atoms with Gasteiger partial charge in [0.15, 0.2) is 0 Å². The largest absolute Gasteiger partial charge is 0.383 e. The molecule has 68 valence electrons. The molecular weight excluding hydrogens is 187 g/mol. The van der Waals surface area contributed by atoms with Crippen molar-refractivity contribution < 1.29 is 0 Å². The molecule has 2 N–H and O–H groups in total. The Morgan fingerprint density at radius 1 is 1.29 bits per heavy atom. The number of aromatic amines is 1. The SMILES string of the molecule is [Al][CH]1CCNc2c1[nH]c1ccccc21. The van der Waals surface area contributed by atoms with Gasteiger partial charge in [-0.1, -0.05) is 23.0 Å². The first kappa shape index (κ1) is 8.40. The topological polar surface area (TPSA) is 27.8 Å². The number of H-pyrrole nitrogens is 1. The van der Waals surface area contributed by atoms with Gasteiger partial charge in [-0.2, -0.15) is 0 Å². The van der Waals surface area contributed by atoms with Gasteiger partial charge in [0.05, 0.1) is 5.69 Å². The Morgan fingerprint density at radius 3 is 3.07 bits per heavy atom. The van der Waals surface area contributed by atoms with Crippen molar-refractivity contribution in [3.63, 3.8) is 0 Å². The summed E-state index contributed by atoms with van der Waals surface area (Å²) in [5.41, 5.74) is 3.87. The van der Waals surface area contributed by atoms with Crippen molar-refractivity contribution in [1.29, 1.82) is 0 Å². The summed E-state index contributed by atoms with van der Waals surface area (Å²) in [6.45, 7) is 1.07. The molecule has 2 nitrogen and oxygen atoms in total. The molecule has 2 radical (unpaired) electrons. The summed E-state index contributed by atoms with van der Waals surface area (Å²) in [7, 11) is 0. The summed E-state index contributed by atoms with van der Waals surface area (Å²) >= 11 is 2.91. The van der Waals surface area contributed by atoms with Gasteiger partial charge in [-0.3, -0.25) is 0 Å². The van der Waals surface area contributed by atoms with E-state index in [4.69, 9.17) is 0 Å². The Hall–Kier alpha value is -0.908. The van der Waals surface area contributed by atoms with E-state index in [1.807, 2.05) is 0 Å². The fraction of sp³-hybridized carbons (Fsp3) is 0.273. The van der Waals surface area contributed by atoms with Crippen LogP contribution >= 0.6 is 0 Å². The average Bonchev–Trinajstić information content (AvgIpc) is 2.59. The molecule has 14 heavy (non-hydrogen) atoms. The number of nitrogens with one attached hydrogen (secondary N) is 2. The van der Waals surface area contributed by atoms with Crippen LogP contribution in [0.15, 0.2) is 24.3 Å². The molecule has 0 spiro atoms. The number of benzene rings is 1. The highest BCUT2D eigenvalue weighted by Crippen LogP contribution is 2.35. The number of hydrogen-bond acceptors (Lipinski definition) is 1. The van der Waals surface area contributed by atoms with Crippen molar-refractivity contribution in [2.45, 2.75) is 11.2 Å². The summed E-state index contributed by atoms with van der Waals surface area (Å²) in [4.78, 5) is 3.48. The lowest BCUT2D eigenvalue weighted by molar-refractivity contribution is 0.785. The predicted octanol–water partition coefficient (Wildman–Crippen LogP) is 2.19. The minimum Gasteiger partial charge on any atom is -0.383 e. The Balaban J connectivity index is 2.32.